The first-order valence-corrected chi connectivity index (χ1v) is 6.65. The van der Waals surface area contributed by atoms with E-state index in [1.54, 1.807) is 19.1 Å². The summed E-state index contributed by atoms with van der Waals surface area (Å²) in [5.41, 5.74) is 0.390. The van der Waals surface area contributed by atoms with Gasteiger partial charge in [-0.15, -0.1) is 24.5 Å². The molecule has 0 fully saturated rings. The number of rotatable bonds is 1. The van der Waals surface area contributed by atoms with Crippen LogP contribution in [0.2, 0.25) is 0 Å². The zero-order valence-corrected chi connectivity index (χ0v) is 11.3. The van der Waals surface area contributed by atoms with E-state index in [9.17, 15) is 22.0 Å². The molecule has 3 aromatic rings. The maximum Gasteiger partial charge on any atom is 0.573 e. The van der Waals surface area contributed by atoms with Crippen molar-refractivity contribution in [2.75, 3.05) is 0 Å². The molecule has 0 atom stereocenters. The van der Waals surface area contributed by atoms with E-state index in [-0.39, 0.29) is 9.40 Å². The van der Waals surface area contributed by atoms with Crippen molar-refractivity contribution in [1.29, 1.82) is 0 Å². The van der Waals surface area contributed by atoms with Gasteiger partial charge in [-0.3, -0.25) is 0 Å². The van der Waals surface area contributed by atoms with Gasteiger partial charge in [-0.2, -0.15) is 0 Å². The van der Waals surface area contributed by atoms with Crippen LogP contribution in [-0.2, 0) is 0 Å². The maximum atomic E-state index is 14.1. The van der Waals surface area contributed by atoms with Gasteiger partial charge in [-0.05, 0) is 24.6 Å². The van der Waals surface area contributed by atoms with Crippen LogP contribution in [0.1, 0.15) is 5.56 Å². The van der Waals surface area contributed by atoms with Gasteiger partial charge in [0.2, 0.25) is 0 Å². The van der Waals surface area contributed by atoms with E-state index in [0.29, 0.717) is 16.3 Å². The fraction of sp³-hybridized carbons (Fsp3) is 0.143. The van der Waals surface area contributed by atoms with Crippen molar-refractivity contribution >= 4 is 31.5 Å². The zero-order valence-electron chi connectivity index (χ0n) is 10.5. The van der Waals surface area contributed by atoms with Crippen LogP contribution >= 0.6 is 11.3 Å². The molecule has 0 saturated carbocycles. The molecule has 110 valence electrons. The quantitative estimate of drug-likeness (QED) is 0.535. The summed E-state index contributed by atoms with van der Waals surface area (Å²) in [5.74, 6) is -2.55. The van der Waals surface area contributed by atoms with Crippen molar-refractivity contribution < 1.29 is 26.7 Å². The van der Waals surface area contributed by atoms with Crippen LogP contribution < -0.4 is 4.74 Å². The number of hydrogen-bond donors (Lipinski definition) is 0. The summed E-state index contributed by atoms with van der Waals surface area (Å²) in [4.78, 5) is 0. The lowest BCUT2D eigenvalue weighted by Crippen LogP contribution is -2.17. The Bertz CT molecular complexity index is 850. The molecule has 1 nitrogen and oxygen atoms in total. The Labute approximate surface area is 119 Å². The average molecular weight is 318 g/mol. The highest BCUT2D eigenvalue weighted by Crippen LogP contribution is 2.41. The molecule has 0 bridgehead atoms. The molecular formula is C14H7F5OS. The predicted molar refractivity (Wildman–Crippen MR) is 70.7 cm³/mol. The van der Waals surface area contributed by atoms with Gasteiger partial charge in [0.05, 0.1) is 9.40 Å². The van der Waals surface area contributed by atoms with Crippen molar-refractivity contribution in [3.05, 3.63) is 41.5 Å². The third-order valence-electron chi connectivity index (χ3n) is 3.07. The molecule has 0 N–H and O–H groups in total. The number of alkyl halides is 3. The second-order valence-electron chi connectivity index (χ2n) is 4.48. The Hall–Kier alpha value is -1.89. The highest BCUT2D eigenvalue weighted by atomic mass is 32.1. The standard InChI is InChI=1S/C14H7F5OS/c1-6-2-3-7-8-4-5-9(20-14(17,18)19)11(16)13(8)21-12(7)10(6)15/h2-5H,1H3. The third-order valence-corrected chi connectivity index (χ3v) is 4.28. The molecule has 2 aromatic carbocycles. The maximum absolute atomic E-state index is 14.1. The van der Waals surface area contributed by atoms with E-state index in [4.69, 9.17) is 0 Å². The van der Waals surface area contributed by atoms with Crippen LogP contribution in [0.3, 0.4) is 0 Å². The molecule has 0 radical (unpaired) electrons. The van der Waals surface area contributed by atoms with E-state index in [1.165, 1.54) is 6.07 Å². The highest BCUT2D eigenvalue weighted by Gasteiger charge is 2.33. The minimum atomic E-state index is -4.98. The Morgan fingerprint density at radius 3 is 2.10 bits per heavy atom. The summed E-state index contributed by atoms with van der Waals surface area (Å²) in [5, 5.41) is 0.830. The summed E-state index contributed by atoms with van der Waals surface area (Å²) >= 11 is 0.772. The zero-order chi connectivity index (χ0) is 15.4. The molecule has 21 heavy (non-hydrogen) atoms. The van der Waals surface area contributed by atoms with Gasteiger partial charge in [0.1, 0.15) is 5.82 Å². The smallest absolute Gasteiger partial charge is 0.403 e. The molecule has 0 saturated heterocycles. The highest BCUT2D eigenvalue weighted by molar-refractivity contribution is 7.25. The van der Waals surface area contributed by atoms with Crippen LogP contribution in [-0.4, -0.2) is 6.36 Å². The van der Waals surface area contributed by atoms with Crippen molar-refractivity contribution in [2.45, 2.75) is 13.3 Å². The van der Waals surface area contributed by atoms with Crippen LogP contribution in [0.5, 0.6) is 5.75 Å². The second-order valence-corrected chi connectivity index (χ2v) is 5.50. The largest absolute Gasteiger partial charge is 0.573 e. The van der Waals surface area contributed by atoms with Crippen molar-refractivity contribution in [3.63, 3.8) is 0 Å². The van der Waals surface area contributed by atoms with E-state index in [1.807, 2.05) is 0 Å². The molecule has 3 rings (SSSR count). The summed E-state index contributed by atoms with van der Waals surface area (Å²) in [7, 11) is 0. The molecule has 0 amide bonds. The SMILES string of the molecule is Cc1ccc2c(sc3c(F)c(OC(F)(F)F)ccc32)c1F. The predicted octanol–water partition coefficient (Wildman–Crippen LogP) is 5.54. The van der Waals surface area contributed by atoms with Gasteiger partial charge in [-0.1, -0.05) is 12.1 Å². The van der Waals surface area contributed by atoms with Crippen LogP contribution in [0.15, 0.2) is 24.3 Å². The first kappa shape index (κ1) is 14.1. The van der Waals surface area contributed by atoms with Gasteiger partial charge in [0.15, 0.2) is 11.6 Å². The number of fused-ring (bicyclic) bond motifs is 3. The summed E-state index contributed by atoms with van der Waals surface area (Å²) < 4.78 is 68.5. The third kappa shape index (κ3) is 2.31. The minimum Gasteiger partial charge on any atom is -0.403 e. The topological polar surface area (TPSA) is 9.23 Å². The van der Waals surface area contributed by atoms with Gasteiger partial charge >= 0.3 is 6.36 Å². The Balaban J connectivity index is 2.29. The fourth-order valence-electron chi connectivity index (χ4n) is 2.12. The molecule has 0 unspecified atom stereocenters. The van der Waals surface area contributed by atoms with Gasteiger partial charge < -0.3 is 4.74 Å². The van der Waals surface area contributed by atoms with E-state index < -0.39 is 23.7 Å². The van der Waals surface area contributed by atoms with Crippen LogP contribution in [0.4, 0.5) is 22.0 Å². The molecule has 1 aromatic heterocycles. The second kappa shape index (κ2) is 4.56. The summed E-state index contributed by atoms with van der Waals surface area (Å²) in [6, 6.07) is 5.36. The van der Waals surface area contributed by atoms with Gasteiger partial charge in [0.25, 0.3) is 0 Å². The lowest BCUT2D eigenvalue weighted by atomic mass is 10.1. The molecule has 0 spiro atoms. The number of hydrogen-bond acceptors (Lipinski definition) is 2. The van der Waals surface area contributed by atoms with Crippen molar-refractivity contribution in [3.8, 4) is 5.75 Å². The minimum absolute atomic E-state index is 0.0590. The number of benzene rings is 2. The van der Waals surface area contributed by atoms with Gasteiger partial charge in [-0.25, -0.2) is 8.78 Å². The van der Waals surface area contributed by atoms with E-state index in [2.05, 4.69) is 4.74 Å². The lowest BCUT2D eigenvalue weighted by molar-refractivity contribution is -0.275. The number of ether oxygens (including phenoxy) is 1. The van der Waals surface area contributed by atoms with E-state index in [0.717, 1.165) is 17.4 Å². The fourth-order valence-corrected chi connectivity index (χ4v) is 3.34. The van der Waals surface area contributed by atoms with Crippen LogP contribution in [0.25, 0.3) is 20.2 Å². The Morgan fingerprint density at radius 1 is 0.905 bits per heavy atom. The molecule has 1 heterocycles. The molecule has 0 aliphatic heterocycles. The monoisotopic (exact) mass is 318 g/mol. The lowest BCUT2D eigenvalue weighted by Gasteiger charge is -2.09. The summed E-state index contributed by atoms with van der Waals surface area (Å²) in [6.45, 7) is 1.56. The van der Waals surface area contributed by atoms with Crippen LogP contribution in [0, 0.1) is 18.6 Å². The number of thiophene rings is 1. The first-order chi connectivity index (χ1) is 9.78. The number of aryl methyl sites for hydroxylation is 1. The van der Waals surface area contributed by atoms with Gasteiger partial charge in [0, 0.05) is 10.8 Å². The Morgan fingerprint density at radius 2 is 1.48 bits per heavy atom. The van der Waals surface area contributed by atoms with Crippen molar-refractivity contribution in [1.82, 2.24) is 0 Å². The molecular weight excluding hydrogens is 311 g/mol. The first-order valence-electron chi connectivity index (χ1n) is 5.83. The normalized spacial score (nSPS) is 12.3. The molecule has 0 aliphatic carbocycles. The number of halogens is 5. The Kier molecular flexibility index (Phi) is 3.05. The summed E-state index contributed by atoms with van der Waals surface area (Å²) in [6.07, 6.45) is -4.98. The molecule has 7 heteroatoms. The average Bonchev–Trinajstić information content (AvgIpc) is 2.76. The molecule has 0 aliphatic rings. The van der Waals surface area contributed by atoms with Crippen molar-refractivity contribution in [2.24, 2.45) is 0 Å². The van der Waals surface area contributed by atoms with E-state index >= 15 is 0 Å².